The van der Waals surface area contributed by atoms with E-state index in [4.69, 9.17) is 5.73 Å². The number of hydrogen-bond donors (Lipinski definition) is 2. The maximum absolute atomic E-state index is 13.2. The Kier molecular flexibility index (Phi) is 4.74. The van der Waals surface area contributed by atoms with Crippen molar-refractivity contribution in [3.63, 3.8) is 0 Å². The number of alkyl halides is 3. The Morgan fingerprint density at radius 1 is 1.44 bits per heavy atom. The van der Waals surface area contributed by atoms with E-state index in [0.29, 0.717) is 0 Å². The summed E-state index contributed by atoms with van der Waals surface area (Å²) in [5.74, 6) is -0.901. The second-order valence-corrected chi connectivity index (χ2v) is 4.45. The third-order valence-corrected chi connectivity index (χ3v) is 2.38. The van der Waals surface area contributed by atoms with Crippen LogP contribution >= 0.6 is 28.1 Å². The van der Waals surface area contributed by atoms with Gasteiger partial charge in [-0.15, -0.1) is 0 Å². The van der Waals surface area contributed by atoms with Gasteiger partial charge in [0.2, 0.25) is 0 Å². The summed E-state index contributed by atoms with van der Waals surface area (Å²) < 4.78 is 53.8. The van der Waals surface area contributed by atoms with E-state index in [9.17, 15) is 17.6 Å². The van der Waals surface area contributed by atoms with Crippen LogP contribution in [-0.4, -0.2) is 17.9 Å². The first-order valence-electron chi connectivity index (χ1n) is 4.44. The average molecular weight is 347 g/mol. The lowest BCUT2D eigenvalue weighted by atomic mass is 10.3. The van der Waals surface area contributed by atoms with Crippen molar-refractivity contribution in [3.8, 4) is 5.75 Å². The molecule has 0 fully saturated rings. The summed E-state index contributed by atoms with van der Waals surface area (Å²) in [4.78, 5) is 0. The Morgan fingerprint density at radius 3 is 2.56 bits per heavy atom. The van der Waals surface area contributed by atoms with Gasteiger partial charge >= 0.3 is 6.18 Å². The van der Waals surface area contributed by atoms with Gasteiger partial charge in [0, 0.05) is 6.07 Å². The molecule has 0 aliphatic rings. The summed E-state index contributed by atoms with van der Waals surface area (Å²) in [6.45, 7) is -1.50. The molecule has 1 rings (SSSR count). The maximum Gasteiger partial charge on any atom is 0.422 e. The molecular formula is C9H7BrF4N2OS. The molecule has 3 nitrogen and oxygen atoms in total. The fraction of sp³-hybridized carbons (Fsp3) is 0.222. The lowest BCUT2D eigenvalue weighted by molar-refractivity contribution is -0.153. The number of thiocarbonyl (C=S) groups is 1. The second-order valence-electron chi connectivity index (χ2n) is 3.16. The van der Waals surface area contributed by atoms with Crippen LogP contribution in [0.1, 0.15) is 0 Å². The van der Waals surface area contributed by atoms with Crippen molar-refractivity contribution >= 4 is 38.9 Å². The molecule has 1 aromatic rings. The molecule has 0 spiro atoms. The van der Waals surface area contributed by atoms with E-state index in [1.165, 1.54) is 0 Å². The van der Waals surface area contributed by atoms with Crippen molar-refractivity contribution in [3.05, 3.63) is 22.4 Å². The van der Waals surface area contributed by atoms with Crippen LogP contribution in [-0.2, 0) is 0 Å². The first kappa shape index (κ1) is 15.0. The van der Waals surface area contributed by atoms with Gasteiger partial charge in [-0.25, -0.2) is 4.39 Å². The van der Waals surface area contributed by atoms with Crippen LogP contribution in [0.4, 0.5) is 23.2 Å². The minimum atomic E-state index is -4.50. The number of benzene rings is 1. The highest BCUT2D eigenvalue weighted by molar-refractivity contribution is 9.10. The van der Waals surface area contributed by atoms with E-state index < -0.39 is 18.6 Å². The predicted octanol–water partition coefficient (Wildman–Crippen LogP) is 3.18. The molecule has 9 heteroatoms. The molecule has 0 amide bonds. The number of nitrogens with one attached hydrogen (secondary N) is 1. The van der Waals surface area contributed by atoms with Crippen LogP contribution in [0.15, 0.2) is 16.6 Å². The van der Waals surface area contributed by atoms with Gasteiger partial charge in [0.05, 0.1) is 10.2 Å². The topological polar surface area (TPSA) is 47.3 Å². The molecule has 0 atom stereocenters. The fourth-order valence-corrected chi connectivity index (χ4v) is 1.47. The maximum atomic E-state index is 13.2. The first-order chi connectivity index (χ1) is 8.19. The molecule has 0 unspecified atom stereocenters. The second kappa shape index (κ2) is 5.70. The van der Waals surface area contributed by atoms with Crippen molar-refractivity contribution < 1.29 is 22.3 Å². The summed E-state index contributed by atoms with van der Waals surface area (Å²) in [5, 5.41) is 2.12. The zero-order valence-electron chi connectivity index (χ0n) is 8.65. The number of ether oxygens (including phenoxy) is 1. The van der Waals surface area contributed by atoms with Crippen LogP contribution < -0.4 is 15.8 Å². The largest absolute Gasteiger partial charge is 0.482 e. The number of anilines is 1. The van der Waals surface area contributed by atoms with Gasteiger partial charge in [-0.2, -0.15) is 13.2 Å². The third kappa shape index (κ3) is 4.65. The van der Waals surface area contributed by atoms with Crippen molar-refractivity contribution in [1.29, 1.82) is 0 Å². The minimum absolute atomic E-state index is 0.0341. The number of rotatable bonds is 3. The Labute approximate surface area is 113 Å². The SMILES string of the molecule is NC(=S)Nc1cc(F)c(Br)cc1OCC(F)(F)F. The summed E-state index contributed by atoms with van der Waals surface area (Å²) in [6, 6.07) is 1.98. The van der Waals surface area contributed by atoms with Crippen molar-refractivity contribution in [2.75, 3.05) is 11.9 Å². The molecule has 0 heterocycles. The zero-order valence-corrected chi connectivity index (χ0v) is 11.0. The van der Waals surface area contributed by atoms with Crippen molar-refractivity contribution in [2.24, 2.45) is 5.73 Å². The normalized spacial score (nSPS) is 11.2. The van der Waals surface area contributed by atoms with Crippen LogP contribution in [0.2, 0.25) is 0 Å². The van der Waals surface area contributed by atoms with Gasteiger partial charge in [-0.3, -0.25) is 0 Å². The highest BCUT2D eigenvalue weighted by atomic mass is 79.9. The zero-order chi connectivity index (χ0) is 13.9. The van der Waals surface area contributed by atoms with Crippen LogP contribution in [0.3, 0.4) is 0 Å². The molecule has 0 bridgehead atoms. The Balaban J connectivity index is 3.00. The molecule has 0 aliphatic heterocycles. The Bertz CT molecular complexity index is 467. The number of halogens is 5. The van der Waals surface area contributed by atoms with E-state index in [2.05, 4.69) is 38.2 Å². The van der Waals surface area contributed by atoms with E-state index in [1.54, 1.807) is 0 Å². The molecule has 100 valence electrons. The molecule has 0 aromatic heterocycles. The highest BCUT2D eigenvalue weighted by Gasteiger charge is 2.29. The van der Waals surface area contributed by atoms with Gasteiger partial charge in [-0.05, 0) is 34.2 Å². The molecular weight excluding hydrogens is 340 g/mol. The molecule has 0 aliphatic carbocycles. The Morgan fingerprint density at radius 2 is 2.06 bits per heavy atom. The molecule has 0 saturated carbocycles. The Hall–Kier alpha value is -1.09. The molecule has 1 aromatic carbocycles. The smallest absolute Gasteiger partial charge is 0.422 e. The molecule has 3 N–H and O–H groups in total. The van der Waals surface area contributed by atoms with Crippen molar-refractivity contribution in [2.45, 2.75) is 6.18 Å². The third-order valence-electron chi connectivity index (χ3n) is 1.67. The van der Waals surface area contributed by atoms with Gasteiger partial charge in [0.15, 0.2) is 11.7 Å². The van der Waals surface area contributed by atoms with Gasteiger partial charge in [0.25, 0.3) is 0 Å². The van der Waals surface area contributed by atoms with E-state index in [-0.39, 0.29) is 21.0 Å². The lowest BCUT2D eigenvalue weighted by Gasteiger charge is -2.14. The first-order valence-corrected chi connectivity index (χ1v) is 5.64. The van der Waals surface area contributed by atoms with Gasteiger partial charge in [0.1, 0.15) is 11.6 Å². The minimum Gasteiger partial charge on any atom is -0.482 e. The van der Waals surface area contributed by atoms with E-state index >= 15 is 0 Å². The summed E-state index contributed by atoms with van der Waals surface area (Å²) in [5.41, 5.74) is 5.10. The molecule has 0 saturated heterocycles. The summed E-state index contributed by atoms with van der Waals surface area (Å²) in [7, 11) is 0. The standard InChI is InChI=1S/C9H7BrF4N2OS/c10-4-1-7(17-3-9(12,13)14)6(2-5(4)11)16-8(15)18/h1-2H,3H2,(H3,15,16,18). The summed E-state index contributed by atoms with van der Waals surface area (Å²) in [6.07, 6.45) is -4.50. The monoisotopic (exact) mass is 346 g/mol. The summed E-state index contributed by atoms with van der Waals surface area (Å²) >= 11 is 7.36. The van der Waals surface area contributed by atoms with Gasteiger partial charge in [-0.1, -0.05) is 0 Å². The number of nitrogens with two attached hydrogens (primary N) is 1. The van der Waals surface area contributed by atoms with Gasteiger partial charge < -0.3 is 15.8 Å². The predicted molar refractivity (Wildman–Crippen MR) is 66.1 cm³/mol. The quantitative estimate of drug-likeness (QED) is 0.651. The lowest BCUT2D eigenvalue weighted by Crippen LogP contribution is -2.22. The van der Waals surface area contributed by atoms with Crippen LogP contribution in [0.5, 0.6) is 5.75 Å². The van der Waals surface area contributed by atoms with Crippen LogP contribution in [0, 0.1) is 5.82 Å². The van der Waals surface area contributed by atoms with Crippen molar-refractivity contribution in [1.82, 2.24) is 0 Å². The van der Waals surface area contributed by atoms with E-state index in [1.807, 2.05) is 0 Å². The highest BCUT2D eigenvalue weighted by Crippen LogP contribution is 2.32. The van der Waals surface area contributed by atoms with E-state index in [0.717, 1.165) is 12.1 Å². The molecule has 18 heavy (non-hydrogen) atoms. The average Bonchev–Trinajstić information content (AvgIpc) is 2.19. The molecule has 0 radical (unpaired) electrons. The fourth-order valence-electron chi connectivity index (χ4n) is 1.04. The number of hydrogen-bond acceptors (Lipinski definition) is 2. The van der Waals surface area contributed by atoms with Crippen LogP contribution in [0.25, 0.3) is 0 Å².